The third kappa shape index (κ3) is 4.18. The zero-order valence-corrected chi connectivity index (χ0v) is 10.5. The Hall–Kier alpha value is -1.37. The van der Waals surface area contributed by atoms with Crippen LogP contribution in [0.4, 0.5) is 0 Å². The summed E-state index contributed by atoms with van der Waals surface area (Å²) < 4.78 is 0. The van der Waals surface area contributed by atoms with Gasteiger partial charge >= 0.3 is 0 Å². The Morgan fingerprint density at radius 2 is 2.24 bits per heavy atom. The molecule has 1 aromatic carbocycles. The van der Waals surface area contributed by atoms with E-state index in [1.165, 1.54) is 0 Å². The van der Waals surface area contributed by atoms with Gasteiger partial charge < -0.3 is 10.4 Å². The van der Waals surface area contributed by atoms with Crippen LogP contribution in [0.5, 0.6) is 0 Å². The molecule has 0 aromatic heterocycles. The lowest BCUT2D eigenvalue weighted by Crippen LogP contribution is -2.45. The summed E-state index contributed by atoms with van der Waals surface area (Å²) in [5.41, 5.74) is 1.50. The van der Waals surface area contributed by atoms with Crippen LogP contribution >= 0.6 is 0 Å². The van der Waals surface area contributed by atoms with Crippen molar-refractivity contribution >= 4 is 0 Å². The summed E-state index contributed by atoms with van der Waals surface area (Å²) in [7, 11) is 0. The molecular formula is C14H20N2O. The first-order chi connectivity index (χ1) is 8.13. The van der Waals surface area contributed by atoms with Crippen molar-refractivity contribution in [1.29, 1.82) is 5.26 Å². The van der Waals surface area contributed by atoms with Gasteiger partial charge in [-0.05, 0) is 31.0 Å². The van der Waals surface area contributed by atoms with Gasteiger partial charge in [0.1, 0.15) is 0 Å². The van der Waals surface area contributed by atoms with Crippen molar-refractivity contribution in [3.63, 3.8) is 0 Å². The van der Waals surface area contributed by atoms with E-state index in [4.69, 9.17) is 5.26 Å². The number of hydrogen-bond acceptors (Lipinski definition) is 3. The molecule has 0 bridgehead atoms. The van der Waals surface area contributed by atoms with E-state index in [1.54, 1.807) is 6.07 Å². The number of nitriles is 1. The lowest BCUT2D eigenvalue weighted by Gasteiger charge is -2.28. The summed E-state index contributed by atoms with van der Waals surface area (Å²) >= 11 is 0. The van der Waals surface area contributed by atoms with Gasteiger partial charge in [0, 0.05) is 12.1 Å². The highest BCUT2D eigenvalue weighted by Crippen LogP contribution is 2.13. The highest BCUT2D eigenvalue weighted by molar-refractivity contribution is 5.32. The SMILES string of the molecule is CCCC(C)(CO)NCc1cccc(C#N)c1. The largest absolute Gasteiger partial charge is 0.394 e. The Balaban J connectivity index is 2.63. The predicted molar refractivity (Wildman–Crippen MR) is 68.4 cm³/mol. The summed E-state index contributed by atoms with van der Waals surface area (Å²) in [5, 5.41) is 21.5. The van der Waals surface area contributed by atoms with Crippen LogP contribution in [0.1, 0.15) is 37.8 Å². The van der Waals surface area contributed by atoms with Crippen LogP contribution in [0.25, 0.3) is 0 Å². The maximum Gasteiger partial charge on any atom is 0.0991 e. The van der Waals surface area contributed by atoms with Crippen LogP contribution in [0.2, 0.25) is 0 Å². The molecule has 0 saturated heterocycles. The predicted octanol–water partition coefficient (Wildman–Crippen LogP) is 2.20. The van der Waals surface area contributed by atoms with Crippen LogP contribution < -0.4 is 5.32 Å². The topological polar surface area (TPSA) is 56.0 Å². The first-order valence-corrected chi connectivity index (χ1v) is 5.98. The van der Waals surface area contributed by atoms with Gasteiger partial charge in [-0.15, -0.1) is 0 Å². The van der Waals surface area contributed by atoms with Crippen LogP contribution in [-0.4, -0.2) is 17.3 Å². The van der Waals surface area contributed by atoms with Gasteiger partial charge in [-0.1, -0.05) is 25.5 Å². The zero-order valence-electron chi connectivity index (χ0n) is 10.5. The Morgan fingerprint density at radius 3 is 2.82 bits per heavy atom. The molecule has 0 fully saturated rings. The molecule has 1 aromatic rings. The molecule has 3 nitrogen and oxygen atoms in total. The molecule has 17 heavy (non-hydrogen) atoms. The van der Waals surface area contributed by atoms with E-state index < -0.39 is 0 Å². The summed E-state index contributed by atoms with van der Waals surface area (Å²) in [4.78, 5) is 0. The van der Waals surface area contributed by atoms with Crippen molar-refractivity contribution in [2.24, 2.45) is 0 Å². The van der Waals surface area contributed by atoms with E-state index in [1.807, 2.05) is 25.1 Å². The smallest absolute Gasteiger partial charge is 0.0991 e. The van der Waals surface area contributed by atoms with Crippen molar-refractivity contribution in [3.05, 3.63) is 35.4 Å². The number of aliphatic hydroxyl groups is 1. The summed E-state index contributed by atoms with van der Waals surface area (Å²) in [6, 6.07) is 9.66. The van der Waals surface area contributed by atoms with E-state index in [0.717, 1.165) is 18.4 Å². The van der Waals surface area contributed by atoms with Crippen LogP contribution in [0.3, 0.4) is 0 Å². The Bertz CT molecular complexity index is 397. The molecule has 0 saturated carbocycles. The molecule has 0 aliphatic carbocycles. The molecule has 0 amide bonds. The molecule has 3 heteroatoms. The van der Waals surface area contributed by atoms with Gasteiger partial charge in [0.25, 0.3) is 0 Å². The minimum Gasteiger partial charge on any atom is -0.394 e. The fraction of sp³-hybridized carbons (Fsp3) is 0.500. The van der Waals surface area contributed by atoms with Gasteiger partial charge in [-0.25, -0.2) is 0 Å². The molecule has 1 rings (SSSR count). The Labute approximate surface area is 103 Å². The lowest BCUT2D eigenvalue weighted by molar-refractivity contribution is 0.163. The van der Waals surface area contributed by atoms with Crippen molar-refractivity contribution < 1.29 is 5.11 Å². The second-order valence-electron chi connectivity index (χ2n) is 4.63. The number of hydrogen-bond donors (Lipinski definition) is 2. The summed E-state index contributed by atoms with van der Waals surface area (Å²) in [6.07, 6.45) is 1.96. The van der Waals surface area contributed by atoms with Crippen LogP contribution in [0.15, 0.2) is 24.3 Å². The van der Waals surface area contributed by atoms with Crippen molar-refractivity contribution in [1.82, 2.24) is 5.32 Å². The van der Waals surface area contributed by atoms with Gasteiger partial charge in [0.2, 0.25) is 0 Å². The number of nitrogens with one attached hydrogen (secondary N) is 1. The number of aliphatic hydroxyl groups excluding tert-OH is 1. The van der Waals surface area contributed by atoms with Gasteiger partial charge in [0.15, 0.2) is 0 Å². The zero-order chi connectivity index (χ0) is 12.7. The van der Waals surface area contributed by atoms with E-state index in [2.05, 4.69) is 18.3 Å². The van der Waals surface area contributed by atoms with Crippen LogP contribution in [-0.2, 0) is 6.54 Å². The molecule has 0 aliphatic rings. The average Bonchev–Trinajstić information content (AvgIpc) is 2.37. The van der Waals surface area contributed by atoms with Gasteiger partial charge in [-0.3, -0.25) is 0 Å². The Morgan fingerprint density at radius 1 is 1.47 bits per heavy atom. The first-order valence-electron chi connectivity index (χ1n) is 5.98. The molecule has 0 radical (unpaired) electrons. The average molecular weight is 232 g/mol. The highest BCUT2D eigenvalue weighted by Gasteiger charge is 2.20. The molecule has 0 spiro atoms. The summed E-state index contributed by atoms with van der Waals surface area (Å²) in [5.74, 6) is 0. The lowest BCUT2D eigenvalue weighted by atomic mass is 9.97. The third-order valence-electron chi connectivity index (χ3n) is 2.93. The third-order valence-corrected chi connectivity index (χ3v) is 2.93. The van der Waals surface area contributed by atoms with Crippen molar-refractivity contribution in [3.8, 4) is 6.07 Å². The second-order valence-corrected chi connectivity index (χ2v) is 4.63. The van der Waals surface area contributed by atoms with Crippen LogP contribution in [0, 0.1) is 11.3 Å². The van der Waals surface area contributed by atoms with E-state index >= 15 is 0 Å². The minimum atomic E-state index is -0.239. The number of rotatable bonds is 6. The normalized spacial score (nSPS) is 14.0. The number of nitrogens with zero attached hydrogens (tertiary/aromatic N) is 1. The van der Waals surface area contributed by atoms with E-state index in [-0.39, 0.29) is 12.1 Å². The molecule has 92 valence electrons. The molecule has 1 unspecified atom stereocenters. The van der Waals surface area contributed by atoms with E-state index in [0.29, 0.717) is 12.1 Å². The fourth-order valence-corrected chi connectivity index (χ4v) is 1.84. The number of benzene rings is 1. The van der Waals surface area contributed by atoms with Crippen molar-refractivity contribution in [2.75, 3.05) is 6.61 Å². The highest BCUT2D eigenvalue weighted by atomic mass is 16.3. The van der Waals surface area contributed by atoms with E-state index in [9.17, 15) is 5.11 Å². The minimum absolute atomic E-state index is 0.124. The molecular weight excluding hydrogens is 212 g/mol. The molecule has 0 heterocycles. The maximum atomic E-state index is 9.38. The molecule has 0 aliphatic heterocycles. The fourth-order valence-electron chi connectivity index (χ4n) is 1.84. The second kappa shape index (κ2) is 6.39. The standard InChI is InChI=1S/C14H20N2O/c1-3-7-14(2,11-17)16-10-13-6-4-5-12(8-13)9-15/h4-6,8,16-17H,3,7,10-11H2,1-2H3. The Kier molecular flexibility index (Phi) is 5.14. The van der Waals surface area contributed by atoms with Crippen molar-refractivity contribution in [2.45, 2.75) is 38.8 Å². The quantitative estimate of drug-likeness (QED) is 0.790. The monoisotopic (exact) mass is 232 g/mol. The maximum absolute atomic E-state index is 9.38. The molecule has 1 atom stereocenters. The van der Waals surface area contributed by atoms with Gasteiger partial charge in [-0.2, -0.15) is 5.26 Å². The summed E-state index contributed by atoms with van der Waals surface area (Å²) in [6.45, 7) is 4.92. The first kappa shape index (κ1) is 13.7. The van der Waals surface area contributed by atoms with Gasteiger partial charge in [0.05, 0.1) is 18.2 Å². The molecule has 2 N–H and O–H groups in total.